The van der Waals surface area contributed by atoms with Crippen molar-refractivity contribution in [1.29, 1.82) is 0 Å². The summed E-state index contributed by atoms with van der Waals surface area (Å²) in [7, 11) is 0. The number of carbonyl (C=O) groups is 1. The minimum atomic E-state index is -0.125. The van der Waals surface area contributed by atoms with Gasteiger partial charge in [0.2, 0.25) is 5.78 Å². The smallest absolute Gasteiger partial charge is 0.212 e. The first kappa shape index (κ1) is 8.67. The number of hydrogen-bond donors (Lipinski definition) is 2. The summed E-state index contributed by atoms with van der Waals surface area (Å²) >= 11 is 0. The number of ketones is 1. The fraction of sp³-hybridized carbons (Fsp3) is 0.400. The Balaban J connectivity index is 2.01. The first-order chi connectivity index (χ1) is 7.28. The number of rotatable bonds is 3. The van der Waals surface area contributed by atoms with E-state index in [0.717, 1.165) is 5.78 Å². The predicted molar refractivity (Wildman–Crippen MR) is 54.9 cm³/mol. The van der Waals surface area contributed by atoms with Gasteiger partial charge in [0.05, 0.1) is 6.54 Å². The second-order valence-corrected chi connectivity index (χ2v) is 3.97. The van der Waals surface area contributed by atoms with E-state index in [1.165, 1.54) is 18.5 Å². The molecule has 78 valence electrons. The monoisotopic (exact) mass is 204 g/mol. The lowest BCUT2D eigenvalue weighted by Gasteiger charge is -1.89. The number of Topliss-reactive ketones (excluding diaryl/α,β-unsaturated/α-hetero) is 1. The van der Waals surface area contributed by atoms with Crippen LogP contribution in [-0.2, 0) is 0 Å². The van der Waals surface area contributed by atoms with Crippen LogP contribution in [0.15, 0.2) is 12.4 Å². The minimum Gasteiger partial charge on any atom is -0.327 e. The number of nitrogens with zero attached hydrogens (tertiary/aromatic N) is 2. The Bertz CT molecular complexity index is 489. The summed E-state index contributed by atoms with van der Waals surface area (Å²) in [6.45, 7) is 0.00957. The van der Waals surface area contributed by atoms with Crippen LogP contribution in [0.3, 0.4) is 0 Å². The molecule has 2 aromatic heterocycles. The number of nitrogens with two attached hydrogens (primary N) is 1. The Labute approximate surface area is 86.3 Å². The first-order valence-corrected chi connectivity index (χ1v) is 5.09. The van der Waals surface area contributed by atoms with Gasteiger partial charge >= 0.3 is 0 Å². The predicted octanol–water partition coefficient (Wildman–Crippen LogP) is 0.681. The number of hydrogen-bond acceptors (Lipinski definition) is 3. The molecule has 0 bridgehead atoms. The number of aromatic amines is 1. The highest BCUT2D eigenvalue weighted by molar-refractivity contribution is 5.96. The molecule has 2 heterocycles. The van der Waals surface area contributed by atoms with Crippen LogP contribution in [0, 0.1) is 0 Å². The van der Waals surface area contributed by atoms with Crippen molar-refractivity contribution in [2.45, 2.75) is 18.8 Å². The molecule has 0 atom stereocenters. The van der Waals surface area contributed by atoms with Crippen LogP contribution in [0.1, 0.15) is 34.9 Å². The maximum absolute atomic E-state index is 11.3. The van der Waals surface area contributed by atoms with Crippen molar-refractivity contribution in [2.75, 3.05) is 6.54 Å². The van der Waals surface area contributed by atoms with Crippen molar-refractivity contribution in [3.8, 4) is 0 Å². The lowest BCUT2D eigenvalue weighted by molar-refractivity contribution is 0.0997. The third kappa shape index (κ3) is 1.35. The summed E-state index contributed by atoms with van der Waals surface area (Å²) in [5.41, 5.74) is 6.92. The van der Waals surface area contributed by atoms with Crippen LogP contribution < -0.4 is 5.73 Å². The number of aromatic nitrogens is 3. The molecular formula is C10H12N4O. The van der Waals surface area contributed by atoms with E-state index >= 15 is 0 Å². The maximum Gasteiger partial charge on any atom is 0.212 e. The number of H-pyrrole nitrogens is 1. The van der Waals surface area contributed by atoms with E-state index in [2.05, 4.69) is 9.97 Å². The zero-order valence-electron chi connectivity index (χ0n) is 8.23. The molecular weight excluding hydrogens is 192 g/mol. The third-order valence-electron chi connectivity index (χ3n) is 2.75. The van der Waals surface area contributed by atoms with E-state index < -0.39 is 0 Å². The van der Waals surface area contributed by atoms with Gasteiger partial charge in [-0.2, -0.15) is 0 Å². The largest absolute Gasteiger partial charge is 0.327 e. The van der Waals surface area contributed by atoms with E-state index in [0.29, 0.717) is 11.6 Å². The third-order valence-corrected chi connectivity index (χ3v) is 2.75. The first-order valence-electron chi connectivity index (χ1n) is 5.09. The Kier molecular flexibility index (Phi) is 1.70. The number of imidazole rings is 2. The summed E-state index contributed by atoms with van der Waals surface area (Å²) in [6.07, 6.45) is 6.23. The fourth-order valence-corrected chi connectivity index (χ4v) is 1.74. The van der Waals surface area contributed by atoms with Crippen LogP contribution in [0.2, 0.25) is 0 Å². The Morgan fingerprint density at radius 1 is 1.60 bits per heavy atom. The van der Waals surface area contributed by atoms with Gasteiger partial charge < -0.3 is 10.7 Å². The van der Waals surface area contributed by atoms with Crippen molar-refractivity contribution in [1.82, 2.24) is 14.4 Å². The van der Waals surface area contributed by atoms with Gasteiger partial charge in [-0.05, 0) is 12.8 Å². The summed E-state index contributed by atoms with van der Waals surface area (Å²) < 4.78 is 1.86. The molecule has 5 nitrogen and oxygen atoms in total. The van der Waals surface area contributed by atoms with Gasteiger partial charge in [0.15, 0.2) is 5.78 Å². The van der Waals surface area contributed by atoms with Gasteiger partial charge in [-0.1, -0.05) is 0 Å². The molecule has 0 saturated heterocycles. The lowest BCUT2D eigenvalue weighted by Crippen LogP contribution is -2.13. The molecule has 0 amide bonds. The van der Waals surface area contributed by atoms with Crippen molar-refractivity contribution in [2.24, 2.45) is 5.73 Å². The van der Waals surface area contributed by atoms with E-state index in [4.69, 9.17) is 5.73 Å². The van der Waals surface area contributed by atoms with Crippen LogP contribution in [0.25, 0.3) is 5.78 Å². The van der Waals surface area contributed by atoms with Crippen LogP contribution in [0.4, 0.5) is 0 Å². The van der Waals surface area contributed by atoms with Gasteiger partial charge in [-0.3, -0.25) is 9.20 Å². The van der Waals surface area contributed by atoms with Crippen LogP contribution >= 0.6 is 0 Å². The standard InChI is InChI=1S/C10H12N4O/c11-3-9(15)8-5-14-4-7(6-1-2-6)12-10(14)13-8/h4-6H,1-3,11H2,(H,12,13). The molecule has 5 heteroatoms. The second kappa shape index (κ2) is 2.93. The zero-order valence-corrected chi connectivity index (χ0v) is 8.23. The van der Waals surface area contributed by atoms with E-state index in [1.54, 1.807) is 6.20 Å². The average Bonchev–Trinajstić information content (AvgIpc) is 2.89. The van der Waals surface area contributed by atoms with Crippen molar-refractivity contribution < 1.29 is 4.79 Å². The molecule has 1 saturated carbocycles. The Hall–Kier alpha value is -1.62. The van der Waals surface area contributed by atoms with Crippen molar-refractivity contribution >= 4 is 11.6 Å². The molecule has 0 unspecified atom stereocenters. The number of fused-ring (bicyclic) bond motifs is 1. The number of carbonyl (C=O) groups excluding carboxylic acids is 1. The highest BCUT2D eigenvalue weighted by atomic mass is 16.1. The van der Waals surface area contributed by atoms with E-state index in [9.17, 15) is 4.79 Å². The SMILES string of the molecule is NCC(=O)c1cn2cc(C3CC3)[nH]c2n1. The van der Waals surface area contributed by atoms with Crippen LogP contribution in [0.5, 0.6) is 0 Å². The molecule has 0 aliphatic heterocycles. The Morgan fingerprint density at radius 2 is 2.40 bits per heavy atom. The fourth-order valence-electron chi connectivity index (χ4n) is 1.74. The summed E-state index contributed by atoms with van der Waals surface area (Å²) in [6, 6.07) is 0. The van der Waals surface area contributed by atoms with Crippen LogP contribution in [-0.4, -0.2) is 26.7 Å². The molecule has 2 aromatic rings. The molecule has 3 N–H and O–H groups in total. The highest BCUT2D eigenvalue weighted by Crippen LogP contribution is 2.39. The molecule has 0 aromatic carbocycles. The van der Waals surface area contributed by atoms with Gasteiger partial charge in [-0.25, -0.2) is 4.98 Å². The van der Waals surface area contributed by atoms with Crippen molar-refractivity contribution in [3.05, 3.63) is 23.8 Å². The van der Waals surface area contributed by atoms with Gasteiger partial charge in [-0.15, -0.1) is 0 Å². The molecule has 1 aliphatic rings. The van der Waals surface area contributed by atoms with Gasteiger partial charge in [0.1, 0.15) is 5.69 Å². The maximum atomic E-state index is 11.3. The normalized spacial score (nSPS) is 16.1. The summed E-state index contributed by atoms with van der Waals surface area (Å²) in [4.78, 5) is 18.7. The summed E-state index contributed by atoms with van der Waals surface area (Å²) in [5, 5.41) is 0. The molecule has 1 aliphatic carbocycles. The minimum absolute atomic E-state index is 0.00957. The second-order valence-electron chi connectivity index (χ2n) is 3.97. The highest BCUT2D eigenvalue weighted by Gasteiger charge is 2.25. The van der Waals surface area contributed by atoms with E-state index in [-0.39, 0.29) is 12.3 Å². The van der Waals surface area contributed by atoms with Gasteiger partial charge in [0, 0.05) is 24.0 Å². The number of nitrogens with one attached hydrogen (secondary N) is 1. The molecule has 15 heavy (non-hydrogen) atoms. The van der Waals surface area contributed by atoms with Crippen molar-refractivity contribution in [3.63, 3.8) is 0 Å². The molecule has 0 spiro atoms. The van der Waals surface area contributed by atoms with E-state index in [1.807, 2.05) is 10.6 Å². The zero-order chi connectivity index (χ0) is 10.4. The topological polar surface area (TPSA) is 76.2 Å². The Morgan fingerprint density at radius 3 is 3.00 bits per heavy atom. The average molecular weight is 204 g/mol. The lowest BCUT2D eigenvalue weighted by atomic mass is 10.3. The molecule has 3 rings (SSSR count). The summed E-state index contributed by atoms with van der Waals surface area (Å²) in [5.74, 6) is 1.27. The van der Waals surface area contributed by atoms with Gasteiger partial charge in [0.25, 0.3) is 0 Å². The molecule has 1 fully saturated rings. The quantitative estimate of drug-likeness (QED) is 0.722. The molecule has 0 radical (unpaired) electrons.